The number of amides is 2. The van der Waals surface area contributed by atoms with Crippen molar-refractivity contribution in [2.45, 2.75) is 51.7 Å². The number of rotatable bonds is 13. The number of hydrogen-bond donors (Lipinski definition) is 1. The molecule has 0 unspecified atom stereocenters. The summed E-state index contributed by atoms with van der Waals surface area (Å²) >= 11 is 0. The summed E-state index contributed by atoms with van der Waals surface area (Å²) in [5, 5.41) is 2.92. The minimum atomic E-state index is -3.84. The molecular weight excluding hydrogens is 536 g/mol. The van der Waals surface area contributed by atoms with Crippen LogP contribution in [0.1, 0.15) is 37.8 Å². The molecule has 0 heterocycles. The van der Waals surface area contributed by atoms with Crippen LogP contribution in [0.15, 0.2) is 78.9 Å². The van der Waals surface area contributed by atoms with Gasteiger partial charge in [0.2, 0.25) is 21.8 Å². The smallest absolute Gasteiger partial charge is 0.243 e. The summed E-state index contributed by atoms with van der Waals surface area (Å²) in [6.45, 7) is 3.75. The van der Waals surface area contributed by atoms with Crippen LogP contribution >= 0.6 is 0 Å². The molecule has 0 fully saturated rings. The van der Waals surface area contributed by atoms with Crippen molar-refractivity contribution >= 4 is 27.5 Å². The highest BCUT2D eigenvalue weighted by Crippen LogP contribution is 2.22. The van der Waals surface area contributed by atoms with Crippen molar-refractivity contribution in [3.63, 3.8) is 0 Å². The Kier molecular flexibility index (Phi) is 10.8. The van der Waals surface area contributed by atoms with Crippen LogP contribution in [0, 0.1) is 11.6 Å². The Morgan fingerprint density at radius 3 is 2.02 bits per heavy atom. The van der Waals surface area contributed by atoms with Crippen molar-refractivity contribution in [2.24, 2.45) is 0 Å². The lowest BCUT2D eigenvalue weighted by Gasteiger charge is -2.32. The Hall–Kier alpha value is -3.79. The Balaban J connectivity index is 1.86. The van der Waals surface area contributed by atoms with Crippen molar-refractivity contribution < 1.29 is 26.8 Å². The second kappa shape index (κ2) is 14.0. The Labute approximate surface area is 234 Å². The number of nitrogens with zero attached hydrogens (tertiary/aromatic N) is 2. The largest absolute Gasteiger partial charge is 0.352 e. The number of sulfonamides is 1. The van der Waals surface area contributed by atoms with Gasteiger partial charge in [-0.1, -0.05) is 60.7 Å². The van der Waals surface area contributed by atoms with E-state index in [0.29, 0.717) is 6.42 Å². The highest BCUT2D eigenvalue weighted by atomic mass is 32.2. The number of carbonyl (C=O) groups excluding carboxylic acids is 2. The highest BCUT2D eigenvalue weighted by Gasteiger charge is 2.31. The predicted octanol–water partition coefficient (Wildman–Crippen LogP) is 4.68. The van der Waals surface area contributed by atoms with E-state index in [4.69, 9.17) is 0 Å². The van der Waals surface area contributed by atoms with Gasteiger partial charge in [-0.15, -0.1) is 0 Å². The van der Waals surface area contributed by atoms with Crippen LogP contribution in [0.25, 0.3) is 0 Å². The third-order valence-electron chi connectivity index (χ3n) is 6.24. The third kappa shape index (κ3) is 8.87. The van der Waals surface area contributed by atoms with Gasteiger partial charge in [-0.25, -0.2) is 17.2 Å². The maximum Gasteiger partial charge on any atom is 0.243 e. The molecular formula is C30H35F2N3O4S. The van der Waals surface area contributed by atoms with E-state index < -0.39 is 27.7 Å². The van der Waals surface area contributed by atoms with Gasteiger partial charge in [-0.3, -0.25) is 13.9 Å². The zero-order chi connectivity index (χ0) is 29.3. The van der Waals surface area contributed by atoms with E-state index in [0.717, 1.165) is 33.8 Å². The molecule has 3 aromatic carbocycles. The van der Waals surface area contributed by atoms with E-state index >= 15 is 0 Å². The van der Waals surface area contributed by atoms with Gasteiger partial charge in [-0.2, -0.15) is 0 Å². The zero-order valence-electron chi connectivity index (χ0n) is 22.9. The van der Waals surface area contributed by atoms with Crippen molar-refractivity contribution in [2.75, 3.05) is 17.1 Å². The minimum Gasteiger partial charge on any atom is -0.352 e. The number of carbonyl (C=O) groups is 2. The van der Waals surface area contributed by atoms with E-state index in [9.17, 15) is 26.8 Å². The first-order valence-electron chi connectivity index (χ1n) is 13.1. The van der Waals surface area contributed by atoms with Crippen LogP contribution in [0.3, 0.4) is 0 Å². The van der Waals surface area contributed by atoms with Gasteiger partial charge in [0.25, 0.3) is 0 Å². The van der Waals surface area contributed by atoms with Crippen LogP contribution in [0.2, 0.25) is 0 Å². The molecule has 0 aliphatic carbocycles. The van der Waals surface area contributed by atoms with Gasteiger partial charge in [0.15, 0.2) is 11.6 Å². The van der Waals surface area contributed by atoms with Gasteiger partial charge >= 0.3 is 0 Å². The average molecular weight is 572 g/mol. The molecule has 0 radical (unpaired) electrons. The van der Waals surface area contributed by atoms with Crippen molar-refractivity contribution in [3.05, 3.63) is 102 Å². The van der Waals surface area contributed by atoms with Gasteiger partial charge < -0.3 is 10.2 Å². The molecule has 0 aliphatic heterocycles. The fourth-order valence-corrected chi connectivity index (χ4v) is 5.32. The van der Waals surface area contributed by atoms with Gasteiger partial charge in [-0.05, 0) is 43.5 Å². The summed E-state index contributed by atoms with van der Waals surface area (Å²) in [5.41, 5.74) is 1.69. The predicted molar refractivity (Wildman–Crippen MR) is 152 cm³/mol. The quantitative estimate of drug-likeness (QED) is 0.323. The molecule has 0 spiro atoms. The fraction of sp³-hybridized carbons (Fsp3) is 0.333. The summed E-state index contributed by atoms with van der Waals surface area (Å²) in [6, 6.07) is 20.6. The summed E-state index contributed by atoms with van der Waals surface area (Å²) in [7, 11) is -3.84. The van der Waals surface area contributed by atoms with Crippen LogP contribution in [-0.4, -0.2) is 50.0 Å². The normalized spacial score (nSPS) is 12.2. The molecule has 3 rings (SSSR count). The van der Waals surface area contributed by atoms with Crippen molar-refractivity contribution in [1.82, 2.24) is 10.2 Å². The molecule has 40 heavy (non-hydrogen) atoms. The second-order valence-corrected chi connectivity index (χ2v) is 11.8. The first-order valence-corrected chi connectivity index (χ1v) is 14.9. The maximum absolute atomic E-state index is 13.8. The zero-order valence-corrected chi connectivity index (χ0v) is 23.7. The van der Waals surface area contributed by atoms with Crippen LogP contribution < -0.4 is 9.62 Å². The summed E-state index contributed by atoms with van der Waals surface area (Å²) in [6.07, 6.45) is 1.29. The lowest BCUT2D eigenvalue weighted by atomic mass is 10.0. The first-order chi connectivity index (χ1) is 19.0. The molecule has 10 heteroatoms. The Morgan fingerprint density at radius 2 is 1.48 bits per heavy atom. The monoisotopic (exact) mass is 571 g/mol. The van der Waals surface area contributed by atoms with Crippen molar-refractivity contribution in [3.8, 4) is 0 Å². The van der Waals surface area contributed by atoms with E-state index in [2.05, 4.69) is 5.32 Å². The standard InChI is InChI=1S/C30H35F2N3O4S/c1-22(2)33-30(37)28(19-23-11-6-4-7-12-23)34(21-24-13-8-5-9-14-24)29(36)15-10-18-35(40(3,38)39)25-16-17-26(31)27(32)20-25/h4-9,11-14,16-17,20,22,28H,10,15,18-19,21H2,1-3H3,(H,33,37)/t28-/m1/s1. The molecule has 3 aromatic rings. The second-order valence-electron chi connectivity index (χ2n) is 9.91. The third-order valence-corrected chi connectivity index (χ3v) is 7.44. The molecule has 2 amide bonds. The number of hydrogen-bond acceptors (Lipinski definition) is 4. The van der Waals surface area contributed by atoms with E-state index in [1.54, 1.807) is 0 Å². The van der Waals surface area contributed by atoms with E-state index in [-0.39, 0.29) is 49.5 Å². The van der Waals surface area contributed by atoms with E-state index in [1.165, 1.54) is 11.0 Å². The number of nitrogens with one attached hydrogen (secondary N) is 1. The summed E-state index contributed by atoms with van der Waals surface area (Å²) in [4.78, 5) is 28.6. The highest BCUT2D eigenvalue weighted by molar-refractivity contribution is 7.92. The summed E-state index contributed by atoms with van der Waals surface area (Å²) < 4.78 is 53.1. The molecule has 1 N–H and O–H groups in total. The van der Waals surface area contributed by atoms with Crippen LogP contribution in [-0.2, 0) is 32.6 Å². The first kappa shape index (κ1) is 30.7. The molecule has 1 atom stereocenters. The number of halogens is 2. The molecule has 0 saturated carbocycles. The van der Waals surface area contributed by atoms with Gasteiger partial charge in [0.1, 0.15) is 6.04 Å². The fourth-order valence-electron chi connectivity index (χ4n) is 4.36. The van der Waals surface area contributed by atoms with Crippen LogP contribution in [0.5, 0.6) is 0 Å². The molecule has 0 aliphatic rings. The molecule has 0 bridgehead atoms. The van der Waals surface area contributed by atoms with Gasteiger partial charge in [0, 0.05) is 38.0 Å². The average Bonchev–Trinajstić information content (AvgIpc) is 2.90. The minimum absolute atomic E-state index is 0.0340. The SMILES string of the molecule is CC(C)NC(=O)[C@@H](Cc1ccccc1)N(Cc1ccccc1)C(=O)CCCN(c1ccc(F)c(F)c1)S(C)(=O)=O. The molecule has 0 saturated heterocycles. The molecule has 214 valence electrons. The Bertz CT molecular complexity index is 1390. The lowest BCUT2D eigenvalue weighted by Crippen LogP contribution is -2.51. The van der Waals surface area contributed by atoms with Crippen LogP contribution in [0.4, 0.5) is 14.5 Å². The maximum atomic E-state index is 13.8. The Morgan fingerprint density at radius 1 is 0.875 bits per heavy atom. The molecule has 7 nitrogen and oxygen atoms in total. The molecule has 0 aromatic heterocycles. The van der Waals surface area contributed by atoms with E-state index in [1.807, 2.05) is 74.5 Å². The lowest BCUT2D eigenvalue weighted by molar-refractivity contribution is -0.141. The van der Waals surface area contributed by atoms with Crippen molar-refractivity contribution in [1.29, 1.82) is 0 Å². The number of anilines is 1. The summed E-state index contributed by atoms with van der Waals surface area (Å²) in [5.74, 6) is -2.88. The topological polar surface area (TPSA) is 86.8 Å². The van der Waals surface area contributed by atoms with Gasteiger partial charge in [0.05, 0.1) is 11.9 Å². The number of benzene rings is 3.